The highest BCUT2D eigenvalue weighted by Crippen LogP contribution is 2.23. The topological polar surface area (TPSA) is 65.5 Å². The van der Waals surface area contributed by atoms with Crippen LogP contribution in [0.25, 0.3) is 0 Å². The van der Waals surface area contributed by atoms with Gasteiger partial charge in [-0.2, -0.15) is 0 Å². The summed E-state index contributed by atoms with van der Waals surface area (Å²) in [6.45, 7) is 9.42. The van der Waals surface area contributed by atoms with Crippen LogP contribution in [0.3, 0.4) is 0 Å². The average Bonchev–Trinajstić information content (AvgIpc) is 2.68. The third-order valence-electron chi connectivity index (χ3n) is 4.82. The average molecular weight is 366 g/mol. The first-order valence-corrected chi connectivity index (χ1v) is 9.19. The quantitative estimate of drug-likeness (QED) is 0.845. The molecule has 0 atom stereocenters. The number of nitrogens with zero attached hydrogens (tertiary/aromatic N) is 3. The maximum Gasteiger partial charge on any atom is 0.274 e. The van der Waals surface area contributed by atoms with Gasteiger partial charge in [0.15, 0.2) is 0 Å². The van der Waals surface area contributed by atoms with Crippen LogP contribution in [0.1, 0.15) is 36.8 Å². The van der Waals surface area contributed by atoms with Gasteiger partial charge >= 0.3 is 0 Å². The second-order valence-corrected chi connectivity index (χ2v) is 7.81. The van der Waals surface area contributed by atoms with Gasteiger partial charge in [0.2, 0.25) is 6.41 Å². The Morgan fingerprint density at radius 1 is 1.04 bits per heavy atom. The monoisotopic (exact) mass is 366 g/mol. The van der Waals surface area contributed by atoms with Gasteiger partial charge in [-0.1, -0.05) is 32.9 Å². The van der Waals surface area contributed by atoms with Crippen LogP contribution in [0.2, 0.25) is 0 Å². The predicted molar refractivity (Wildman–Crippen MR) is 107 cm³/mol. The lowest BCUT2D eigenvalue weighted by Crippen LogP contribution is -2.45. The van der Waals surface area contributed by atoms with E-state index in [1.165, 1.54) is 5.56 Å². The van der Waals surface area contributed by atoms with Gasteiger partial charge in [0.1, 0.15) is 5.69 Å². The Balaban J connectivity index is 1.61. The van der Waals surface area contributed by atoms with Crippen molar-refractivity contribution in [3.63, 3.8) is 0 Å². The number of pyridine rings is 1. The van der Waals surface area contributed by atoms with Crippen molar-refractivity contribution in [3.8, 4) is 0 Å². The molecule has 3 rings (SSSR count). The fourth-order valence-corrected chi connectivity index (χ4v) is 3.04. The van der Waals surface area contributed by atoms with Crippen molar-refractivity contribution < 1.29 is 9.59 Å². The lowest BCUT2D eigenvalue weighted by molar-refractivity contribution is -0.118. The summed E-state index contributed by atoms with van der Waals surface area (Å²) in [6.07, 6.45) is 2.60. The number of piperazine rings is 1. The molecule has 142 valence electrons. The standard InChI is InChI=1S/C21H26N4O2/c1-21(2,3)16-4-6-17(7-5-16)23-20(27)19-9-8-18(14-22-19)25-12-10-24(15-26)11-13-25/h4-9,14-15H,10-13H2,1-3H3,(H,23,27). The maximum absolute atomic E-state index is 12.4. The van der Waals surface area contributed by atoms with E-state index in [2.05, 4.69) is 36.0 Å². The molecule has 1 aromatic carbocycles. The first-order valence-electron chi connectivity index (χ1n) is 9.19. The van der Waals surface area contributed by atoms with E-state index < -0.39 is 0 Å². The van der Waals surface area contributed by atoms with Crippen LogP contribution in [0.5, 0.6) is 0 Å². The molecule has 0 saturated carbocycles. The van der Waals surface area contributed by atoms with Crippen molar-refractivity contribution in [2.45, 2.75) is 26.2 Å². The van der Waals surface area contributed by atoms with Gasteiger partial charge in [-0.3, -0.25) is 9.59 Å². The number of aromatic nitrogens is 1. The van der Waals surface area contributed by atoms with Crippen molar-refractivity contribution in [1.29, 1.82) is 0 Å². The summed E-state index contributed by atoms with van der Waals surface area (Å²) in [6, 6.07) is 11.5. The number of amides is 2. The summed E-state index contributed by atoms with van der Waals surface area (Å²) < 4.78 is 0. The number of hydrogen-bond donors (Lipinski definition) is 1. The van der Waals surface area contributed by atoms with Crippen LogP contribution in [-0.2, 0) is 10.2 Å². The minimum atomic E-state index is -0.226. The Morgan fingerprint density at radius 2 is 1.70 bits per heavy atom. The van der Waals surface area contributed by atoms with Crippen LogP contribution >= 0.6 is 0 Å². The highest BCUT2D eigenvalue weighted by atomic mass is 16.2. The Morgan fingerprint density at radius 3 is 2.22 bits per heavy atom. The molecule has 1 aromatic heterocycles. The van der Waals surface area contributed by atoms with Gasteiger partial charge in [-0.05, 0) is 35.2 Å². The third-order valence-corrected chi connectivity index (χ3v) is 4.82. The number of carbonyl (C=O) groups excluding carboxylic acids is 2. The second-order valence-electron chi connectivity index (χ2n) is 7.81. The lowest BCUT2D eigenvalue weighted by Gasteiger charge is -2.33. The third kappa shape index (κ3) is 4.64. The molecule has 2 amide bonds. The molecular formula is C21H26N4O2. The maximum atomic E-state index is 12.4. The van der Waals surface area contributed by atoms with Crippen LogP contribution < -0.4 is 10.2 Å². The van der Waals surface area contributed by atoms with E-state index in [9.17, 15) is 9.59 Å². The van der Waals surface area contributed by atoms with Crippen molar-refractivity contribution in [2.75, 3.05) is 36.4 Å². The van der Waals surface area contributed by atoms with Gasteiger partial charge in [0.25, 0.3) is 5.91 Å². The predicted octanol–water partition coefficient (Wildman–Crippen LogP) is 2.91. The Kier molecular flexibility index (Phi) is 5.44. The smallest absolute Gasteiger partial charge is 0.274 e. The molecule has 0 aliphatic carbocycles. The highest BCUT2D eigenvalue weighted by Gasteiger charge is 2.17. The zero-order chi connectivity index (χ0) is 19.4. The number of hydrogen-bond acceptors (Lipinski definition) is 4. The largest absolute Gasteiger partial charge is 0.367 e. The lowest BCUT2D eigenvalue weighted by atomic mass is 9.87. The molecule has 1 aliphatic rings. The van der Waals surface area contributed by atoms with Crippen LogP contribution in [0, 0.1) is 0 Å². The molecule has 1 N–H and O–H groups in total. The van der Waals surface area contributed by atoms with Crippen molar-refractivity contribution in [1.82, 2.24) is 9.88 Å². The summed E-state index contributed by atoms with van der Waals surface area (Å²) in [5.41, 5.74) is 3.40. The molecule has 27 heavy (non-hydrogen) atoms. The molecule has 0 radical (unpaired) electrons. The zero-order valence-electron chi connectivity index (χ0n) is 16.1. The van der Waals surface area contributed by atoms with Crippen LogP contribution in [0.15, 0.2) is 42.6 Å². The van der Waals surface area contributed by atoms with E-state index in [1.807, 2.05) is 30.3 Å². The molecule has 0 spiro atoms. The summed E-state index contributed by atoms with van der Waals surface area (Å²) in [5.74, 6) is -0.226. The van der Waals surface area contributed by atoms with E-state index in [4.69, 9.17) is 0 Å². The minimum absolute atomic E-state index is 0.0805. The molecule has 2 aromatic rings. The zero-order valence-corrected chi connectivity index (χ0v) is 16.1. The van der Waals surface area contributed by atoms with Crippen molar-refractivity contribution >= 4 is 23.7 Å². The van der Waals surface area contributed by atoms with Gasteiger partial charge in [0, 0.05) is 31.9 Å². The molecule has 6 nitrogen and oxygen atoms in total. The van der Waals surface area contributed by atoms with E-state index in [1.54, 1.807) is 17.2 Å². The molecule has 0 bridgehead atoms. The first kappa shape index (κ1) is 18.9. The molecule has 0 unspecified atom stereocenters. The van der Waals surface area contributed by atoms with E-state index in [0.717, 1.165) is 30.9 Å². The molecule has 1 aliphatic heterocycles. The van der Waals surface area contributed by atoms with E-state index in [-0.39, 0.29) is 11.3 Å². The summed E-state index contributed by atoms with van der Waals surface area (Å²) in [5, 5.41) is 2.89. The van der Waals surface area contributed by atoms with Crippen LogP contribution in [0.4, 0.5) is 11.4 Å². The van der Waals surface area contributed by atoms with Crippen LogP contribution in [-0.4, -0.2) is 48.4 Å². The summed E-state index contributed by atoms with van der Waals surface area (Å²) in [7, 11) is 0. The number of carbonyl (C=O) groups is 2. The first-order chi connectivity index (χ1) is 12.9. The number of anilines is 2. The number of rotatable bonds is 4. The minimum Gasteiger partial charge on any atom is -0.367 e. The Bertz CT molecular complexity index is 786. The summed E-state index contributed by atoms with van der Waals surface area (Å²) in [4.78, 5) is 31.5. The van der Waals surface area contributed by atoms with Gasteiger partial charge in [-0.15, -0.1) is 0 Å². The molecule has 2 heterocycles. The Labute approximate surface area is 160 Å². The van der Waals surface area contributed by atoms with E-state index in [0.29, 0.717) is 18.8 Å². The van der Waals surface area contributed by atoms with Crippen molar-refractivity contribution in [2.24, 2.45) is 0 Å². The fourth-order valence-electron chi connectivity index (χ4n) is 3.04. The molecule has 6 heteroatoms. The second kappa shape index (κ2) is 7.78. The fraction of sp³-hybridized carbons (Fsp3) is 0.381. The SMILES string of the molecule is CC(C)(C)c1ccc(NC(=O)c2ccc(N3CCN(C=O)CC3)cn2)cc1. The molecular weight excluding hydrogens is 340 g/mol. The summed E-state index contributed by atoms with van der Waals surface area (Å²) >= 11 is 0. The number of benzene rings is 1. The van der Waals surface area contributed by atoms with Gasteiger partial charge < -0.3 is 15.1 Å². The van der Waals surface area contributed by atoms with E-state index >= 15 is 0 Å². The Hall–Kier alpha value is -2.89. The van der Waals surface area contributed by atoms with Crippen molar-refractivity contribution in [3.05, 3.63) is 53.9 Å². The molecule has 1 fully saturated rings. The highest BCUT2D eigenvalue weighted by molar-refractivity contribution is 6.02. The van der Waals surface area contributed by atoms with Gasteiger partial charge in [-0.25, -0.2) is 4.98 Å². The number of nitrogens with one attached hydrogen (secondary N) is 1. The molecule has 1 saturated heterocycles. The van der Waals surface area contributed by atoms with Gasteiger partial charge in [0.05, 0.1) is 11.9 Å². The normalized spacial score (nSPS) is 14.8.